The van der Waals surface area contributed by atoms with Gasteiger partial charge in [-0.25, -0.2) is 0 Å². The van der Waals surface area contributed by atoms with Crippen LogP contribution in [0.2, 0.25) is 0 Å². The molecule has 0 spiro atoms. The Kier molecular flexibility index (Phi) is 7.83. The molecular formula is C11H23NO3. The van der Waals surface area contributed by atoms with E-state index in [1.54, 1.807) is 0 Å². The first-order valence-electron chi connectivity index (χ1n) is 5.91. The third-order valence-electron chi connectivity index (χ3n) is 2.41. The molecule has 0 amide bonds. The van der Waals surface area contributed by atoms with Gasteiger partial charge in [-0.2, -0.15) is 0 Å². The molecule has 0 aromatic rings. The van der Waals surface area contributed by atoms with E-state index in [9.17, 15) is 0 Å². The second-order valence-corrected chi connectivity index (χ2v) is 3.77. The molecule has 1 saturated heterocycles. The van der Waals surface area contributed by atoms with Crippen molar-refractivity contribution in [2.24, 2.45) is 0 Å². The van der Waals surface area contributed by atoms with Crippen molar-refractivity contribution in [2.75, 3.05) is 39.7 Å². The third-order valence-corrected chi connectivity index (χ3v) is 2.41. The molecule has 0 bridgehead atoms. The Labute approximate surface area is 92.3 Å². The second kappa shape index (κ2) is 9.09. The molecule has 1 heterocycles. The number of ether oxygens (including phenoxy) is 3. The van der Waals surface area contributed by atoms with Crippen LogP contribution in [-0.2, 0) is 14.2 Å². The van der Waals surface area contributed by atoms with Gasteiger partial charge in [0.25, 0.3) is 0 Å². The van der Waals surface area contributed by atoms with Gasteiger partial charge in [0.15, 0.2) is 0 Å². The summed E-state index contributed by atoms with van der Waals surface area (Å²) in [5.41, 5.74) is 0. The lowest BCUT2D eigenvalue weighted by Gasteiger charge is -2.22. The van der Waals surface area contributed by atoms with Crippen molar-refractivity contribution in [3.8, 4) is 0 Å². The summed E-state index contributed by atoms with van der Waals surface area (Å²) in [5, 5.41) is 3.33. The summed E-state index contributed by atoms with van der Waals surface area (Å²) in [4.78, 5) is 0. The monoisotopic (exact) mass is 217 g/mol. The van der Waals surface area contributed by atoms with Crippen molar-refractivity contribution < 1.29 is 14.2 Å². The summed E-state index contributed by atoms with van der Waals surface area (Å²) >= 11 is 0. The van der Waals surface area contributed by atoms with Crippen molar-refractivity contribution in [2.45, 2.75) is 32.3 Å². The molecule has 1 rings (SSSR count). The summed E-state index contributed by atoms with van der Waals surface area (Å²) in [6.07, 6.45) is 3.66. The van der Waals surface area contributed by atoms with Gasteiger partial charge >= 0.3 is 0 Å². The molecule has 1 fully saturated rings. The van der Waals surface area contributed by atoms with Crippen LogP contribution in [0.4, 0.5) is 0 Å². The van der Waals surface area contributed by atoms with Crippen molar-refractivity contribution >= 4 is 0 Å². The maximum atomic E-state index is 5.44. The van der Waals surface area contributed by atoms with Crippen LogP contribution in [0, 0.1) is 0 Å². The molecule has 1 aliphatic heterocycles. The highest BCUT2D eigenvalue weighted by Crippen LogP contribution is 2.03. The minimum Gasteiger partial charge on any atom is -0.380 e. The third kappa shape index (κ3) is 6.84. The zero-order valence-electron chi connectivity index (χ0n) is 9.67. The molecule has 15 heavy (non-hydrogen) atoms. The molecule has 90 valence electrons. The van der Waals surface area contributed by atoms with Crippen molar-refractivity contribution in [3.63, 3.8) is 0 Å². The van der Waals surface area contributed by atoms with E-state index in [1.165, 1.54) is 6.42 Å². The highest BCUT2D eigenvalue weighted by Gasteiger charge is 2.12. The number of nitrogens with one attached hydrogen (secondary N) is 1. The molecule has 0 radical (unpaired) electrons. The highest BCUT2D eigenvalue weighted by molar-refractivity contribution is 4.63. The molecule has 1 atom stereocenters. The Morgan fingerprint density at radius 1 is 1.40 bits per heavy atom. The zero-order valence-corrected chi connectivity index (χ0v) is 9.67. The predicted octanol–water partition coefficient (Wildman–Crippen LogP) is 1.16. The van der Waals surface area contributed by atoms with E-state index in [0.717, 1.165) is 45.8 Å². The van der Waals surface area contributed by atoms with Gasteiger partial charge in [-0.15, -0.1) is 0 Å². The van der Waals surface area contributed by atoms with Crippen LogP contribution in [0.5, 0.6) is 0 Å². The van der Waals surface area contributed by atoms with E-state index in [2.05, 4.69) is 12.2 Å². The van der Waals surface area contributed by atoms with Gasteiger partial charge in [0.05, 0.1) is 19.3 Å². The Bertz CT molecular complexity index is 138. The molecule has 4 nitrogen and oxygen atoms in total. The van der Waals surface area contributed by atoms with E-state index < -0.39 is 0 Å². The first-order valence-corrected chi connectivity index (χ1v) is 5.91. The lowest BCUT2D eigenvalue weighted by atomic mass is 10.2. The van der Waals surface area contributed by atoms with Crippen LogP contribution < -0.4 is 5.32 Å². The first-order chi connectivity index (χ1) is 7.43. The SMILES string of the molecule is CCCCOCCNCC1CCOCO1. The standard InChI is InChI=1S/C11H23NO3/c1-2-3-6-13-8-5-12-9-11-4-7-14-10-15-11/h11-12H,2-10H2,1H3. The maximum absolute atomic E-state index is 5.44. The van der Waals surface area contributed by atoms with E-state index in [4.69, 9.17) is 14.2 Å². The van der Waals surface area contributed by atoms with Crippen molar-refractivity contribution in [1.29, 1.82) is 0 Å². The van der Waals surface area contributed by atoms with Crippen LogP contribution in [0.1, 0.15) is 26.2 Å². The fraction of sp³-hybridized carbons (Fsp3) is 1.00. The highest BCUT2D eigenvalue weighted by atomic mass is 16.7. The molecule has 4 heteroatoms. The molecule has 0 aromatic heterocycles. The van der Waals surface area contributed by atoms with Crippen LogP contribution in [-0.4, -0.2) is 45.8 Å². The number of unbranched alkanes of at least 4 members (excludes halogenated alkanes) is 1. The van der Waals surface area contributed by atoms with E-state index in [1.807, 2.05) is 0 Å². The Balaban J connectivity index is 1.79. The molecule has 1 aliphatic rings. The lowest BCUT2D eigenvalue weighted by Crippen LogP contribution is -2.35. The van der Waals surface area contributed by atoms with Gasteiger partial charge in [0, 0.05) is 19.7 Å². The number of hydrogen-bond donors (Lipinski definition) is 1. The Hall–Kier alpha value is -0.160. The molecule has 1 unspecified atom stereocenters. The van der Waals surface area contributed by atoms with Gasteiger partial charge in [-0.05, 0) is 12.8 Å². The van der Waals surface area contributed by atoms with Crippen LogP contribution in [0.25, 0.3) is 0 Å². The van der Waals surface area contributed by atoms with E-state index in [-0.39, 0.29) is 0 Å². The van der Waals surface area contributed by atoms with Gasteiger partial charge < -0.3 is 19.5 Å². The summed E-state index contributed by atoms with van der Waals surface area (Å²) in [6.45, 7) is 6.92. The quantitative estimate of drug-likeness (QED) is 0.619. The van der Waals surface area contributed by atoms with Crippen LogP contribution in [0.3, 0.4) is 0 Å². The number of hydrogen-bond acceptors (Lipinski definition) is 4. The molecular weight excluding hydrogens is 194 g/mol. The predicted molar refractivity (Wildman–Crippen MR) is 58.9 cm³/mol. The van der Waals surface area contributed by atoms with Gasteiger partial charge in [0.2, 0.25) is 0 Å². The second-order valence-electron chi connectivity index (χ2n) is 3.77. The van der Waals surface area contributed by atoms with Crippen LogP contribution >= 0.6 is 0 Å². The largest absolute Gasteiger partial charge is 0.380 e. The minimum atomic E-state index is 0.314. The summed E-state index contributed by atoms with van der Waals surface area (Å²) in [7, 11) is 0. The number of rotatable bonds is 8. The fourth-order valence-corrected chi connectivity index (χ4v) is 1.42. The molecule has 1 N–H and O–H groups in total. The summed E-state index contributed by atoms with van der Waals surface area (Å²) in [5.74, 6) is 0. The smallest absolute Gasteiger partial charge is 0.147 e. The normalized spacial score (nSPS) is 21.8. The molecule has 0 saturated carbocycles. The fourth-order valence-electron chi connectivity index (χ4n) is 1.42. The summed E-state index contributed by atoms with van der Waals surface area (Å²) in [6, 6.07) is 0. The van der Waals surface area contributed by atoms with Crippen molar-refractivity contribution in [1.82, 2.24) is 5.32 Å². The van der Waals surface area contributed by atoms with E-state index >= 15 is 0 Å². The van der Waals surface area contributed by atoms with Gasteiger partial charge in [-0.3, -0.25) is 0 Å². The van der Waals surface area contributed by atoms with E-state index in [0.29, 0.717) is 12.9 Å². The topological polar surface area (TPSA) is 39.7 Å². The van der Waals surface area contributed by atoms with Gasteiger partial charge in [-0.1, -0.05) is 13.3 Å². The Morgan fingerprint density at radius 2 is 2.33 bits per heavy atom. The Morgan fingerprint density at radius 3 is 3.07 bits per heavy atom. The average Bonchev–Trinajstić information content (AvgIpc) is 2.29. The minimum absolute atomic E-state index is 0.314. The average molecular weight is 217 g/mol. The summed E-state index contributed by atoms with van der Waals surface area (Å²) < 4.78 is 15.9. The lowest BCUT2D eigenvalue weighted by molar-refractivity contribution is -0.137. The molecule has 0 aromatic carbocycles. The zero-order chi connectivity index (χ0) is 10.8. The maximum Gasteiger partial charge on any atom is 0.147 e. The van der Waals surface area contributed by atoms with Gasteiger partial charge in [0.1, 0.15) is 6.79 Å². The van der Waals surface area contributed by atoms with Crippen LogP contribution in [0.15, 0.2) is 0 Å². The first kappa shape index (κ1) is 12.9. The van der Waals surface area contributed by atoms with Crippen molar-refractivity contribution in [3.05, 3.63) is 0 Å². The molecule has 0 aliphatic carbocycles.